The van der Waals surface area contributed by atoms with E-state index < -0.39 is 11.6 Å². The Balaban J connectivity index is 2.83. The molecule has 0 fully saturated rings. The van der Waals surface area contributed by atoms with Crippen molar-refractivity contribution in [2.24, 2.45) is 4.99 Å². The summed E-state index contributed by atoms with van der Waals surface area (Å²) in [6.45, 7) is -0.0457. The SMILES string of the molecule is OC1=C(O)N(O)CN=C1. The van der Waals surface area contributed by atoms with Crippen LogP contribution in [-0.2, 0) is 0 Å². The van der Waals surface area contributed by atoms with Crippen molar-refractivity contribution in [3.05, 3.63) is 11.6 Å². The third kappa shape index (κ3) is 0.945. The fraction of sp³-hybridized carbons (Fsp3) is 0.250. The molecular formula is C4H6N2O3. The minimum absolute atomic E-state index is 0.0457. The smallest absolute Gasteiger partial charge is 0.258 e. The summed E-state index contributed by atoms with van der Waals surface area (Å²) in [5, 5.41) is 26.3. The van der Waals surface area contributed by atoms with Crippen molar-refractivity contribution in [3.8, 4) is 0 Å². The van der Waals surface area contributed by atoms with Crippen molar-refractivity contribution >= 4 is 6.21 Å². The average molecular weight is 130 g/mol. The zero-order chi connectivity index (χ0) is 6.85. The van der Waals surface area contributed by atoms with Gasteiger partial charge in [-0.15, -0.1) is 0 Å². The van der Waals surface area contributed by atoms with Gasteiger partial charge < -0.3 is 10.2 Å². The first-order valence-electron chi connectivity index (χ1n) is 2.30. The lowest BCUT2D eigenvalue weighted by Crippen LogP contribution is -2.23. The summed E-state index contributed by atoms with van der Waals surface area (Å²) in [6.07, 6.45) is 1.07. The van der Waals surface area contributed by atoms with Crippen LogP contribution in [0.3, 0.4) is 0 Å². The lowest BCUT2D eigenvalue weighted by atomic mass is 10.5. The molecule has 3 N–H and O–H groups in total. The summed E-state index contributed by atoms with van der Waals surface area (Å²) >= 11 is 0. The lowest BCUT2D eigenvalue weighted by molar-refractivity contribution is -0.0963. The third-order valence-electron chi connectivity index (χ3n) is 0.903. The zero-order valence-electron chi connectivity index (χ0n) is 4.52. The maximum atomic E-state index is 8.66. The Morgan fingerprint density at radius 3 is 2.67 bits per heavy atom. The highest BCUT2D eigenvalue weighted by Gasteiger charge is 2.12. The molecule has 0 aromatic heterocycles. The highest BCUT2D eigenvalue weighted by atomic mass is 16.5. The zero-order valence-corrected chi connectivity index (χ0v) is 4.52. The Kier molecular flexibility index (Phi) is 1.27. The van der Waals surface area contributed by atoms with Gasteiger partial charge in [0.25, 0.3) is 5.88 Å². The van der Waals surface area contributed by atoms with Crippen LogP contribution in [0.2, 0.25) is 0 Å². The van der Waals surface area contributed by atoms with E-state index >= 15 is 0 Å². The molecule has 0 aromatic rings. The van der Waals surface area contributed by atoms with E-state index in [4.69, 9.17) is 15.4 Å². The van der Waals surface area contributed by atoms with E-state index in [0.29, 0.717) is 5.06 Å². The number of hydrogen-bond acceptors (Lipinski definition) is 5. The van der Waals surface area contributed by atoms with Crippen LogP contribution in [0.25, 0.3) is 0 Å². The van der Waals surface area contributed by atoms with Crippen LogP contribution in [-0.4, -0.2) is 33.4 Å². The first kappa shape index (κ1) is 5.90. The molecule has 0 radical (unpaired) electrons. The van der Waals surface area contributed by atoms with E-state index in [0.717, 1.165) is 6.21 Å². The molecule has 5 nitrogen and oxygen atoms in total. The van der Waals surface area contributed by atoms with Gasteiger partial charge >= 0.3 is 0 Å². The topological polar surface area (TPSA) is 76.3 Å². The number of rotatable bonds is 0. The van der Waals surface area contributed by atoms with Crippen molar-refractivity contribution in [3.63, 3.8) is 0 Å². The molecule has 9 heavy (non-hydrogen) atoms. The summed E-state index contributed by atoms with van der Waals surface area (Å²) in [5.74, 6) is -0.992. The first-order valence-corrected chi connectivity index (χ1v) is 2.30. The first-order chi connectivity index (χ1) is 4.22. The molecule has 0 bridgehead atoms. The Bertz CT molecular complexity index is 175. The highest BCUT2D eigenvalue weighted by molar-refractivity contribution is 5.76. The fourth-order valence-electron chi connectivity index (χ4n) is 0.462. The summed E-state index contributed by atoms with van der Waals surface area (Å²) < 4.78 is 0. The molecule has 0 unspecified atom stereocenters. The van der Waals surface area contributed by atoms with Gasteiger partial charge in [0, 0.05) is 0 Å². The van der Waals surface area contributed by atoms with Crippen molar-refractivity contribution in [2.45, 2.75) is 0 Å². The van der Waals surface area contributed by atoms with E-state index in [9.17, 15) is 0 Å². The molecule has 0 atom stereocenters. The Hall–Kier alpha value is -1.23. The van der Waals surface area contributed by atoms with Crippen LogP contribution in [0.5, 0.6) is 0 Å². The second-order valence-corrected chi connectivity index (χ2v) is 1.56. The van der Waals surface area contributed by atoms with Gasteiger partial charge in [-0.1, -0.05) is 0 Å². The minimum atomic E-state index is -0.565. The van der Waals surface area contributed by atoms with Crippen molar-refractivity contribution in [2.75, 3.05) is 6.67 Å². The molecule has 0 aliphatic carbocycles. The number of aliphatic hydroxyl groups is 2. The second kappa shape index (κ2) is 1.94. The van der Waals surface area contributed by atoms with Crippen LogP contribution in [0.4, 0.5) is 0 Å². The molecule has 5 heteroatoms. The number of nitrogens with zero attached hydrogens (tertiary/aromatic N) is 2. The van der Waals surface area contributed by atoms with Gasteiger partial charge in [-0.2, -0.15) is 5.06 Å². The summed E-state index contributed by atoms with van der Waals surface area (Å²) in [4.78, 5) is 3.47. The molecule has 0 saturated carbocycles. The molecule has 0 aromatic carbocycles. The van der Waals surface area contributed by atoms with Crippen LogP contribution in [0, 0.1) is 0 Å². The van der Waals surface area contributed by atoms with E-state index in [-0.39, 0.29) is 6.67 Å². The van der Waals surface area contributed by atoms with Crippen molar-refractivity contribution in [1.82, 2.24) is 5.06 Å². The summed E-state index contributed by atoms with van der Waals surface area (Å²) in [7, 11) is 0. The van der Waals surface area contributed by atoms with Gasteiger partial charge in [-0.25, -0.2) is 0 Å². The van der Waals surface area contributed by atoms with Crippen molar-refractivity contribution < 1.29 is 15.4 Å². The highest BCUT2D eigenvalue weighted by Crippen LogP contribution is 2.04. The van der Waals surface area contributed by atoms with Gasteiger partial charge in [0.05, 0.1) is 6.21 Å². The molecule has 0 spiro atoms. The van der Waals surface area contributed by atoms with Gasteiger partial charge in [-0.3, -0.25) is 10.2 Å². The molecule has 0 amide bonds. The summed E-state index contributed by atoms with van der Waals surface area (Å²) in [6, 6.07) is 0. The second-order valence-electron chi connectivity index (χ2n) is 1.56. The molecule has 1 rings (SSSR count). The van der Waals surface area contributed by atoms with Gasteiger partial charge in [0.1, 0.15) is 6.67 Å². The molecule has 0 saturated heterocycles. The van der Waals surface area contributed by atoms with Gasteiger partial charge in [0.15, 0.2) is 5.76 Å². The standard InChI is InChI=1S/C4H6N2O3/c7-3-1-5-2-6(9)4(3)8/h1,7-9H,2H2. The van der Waals surface area contributed by atoms with E-state index in [2.05, 4.69) is 4.99 Å². The van der Waals surface area contributed by atoms with Gasteiger partial charge in [0.2, 0.25) is 0 Å². The monoisotopic (exact) mass is 130 g/mol. The number of aliphatic hydroxyl groups excluding tert-OH is 2. The fourth-order valence-corrected chi connectivity index (χ4v) is 0.462. The van der Waals surface area contributed by atoms with E-state index in [1.807, 2.05) is 0 Å². The number of allylic oxidation sites excluding steroid dienone is 1. The van der Waals surface area contributed by atoms with E-state index in [1.54, 1.807) is 0 Å². The predicted octanol–water partition coefficient (Wildman–Crippen LogP) is 0.00460. The normalized spacial score (nSPS) is 19.0. The maximum absolute atomic E-state index is 8.66. The van der Waals surface area contributed by atoms with Crippen molar-refractivity contribution in [1.29, 1.82) is 0 Å². The Morgan fingerprint density at radius 2 is 2.22 bits per heavy atom. The third-order valence-corrected chi connectivity index (χ3v) is 0.903. The average Bonchev–Trinajstić information content (AvgIpc) is 1.83. The number of aliphatic imine (C=N–C) groups is 1. The quantitative estimate of drug-likeness (QED) is 0.431. The number of hydroxylamine groups is 2. The number of hydrogen-bond donors (Lipinski definition) is 3. The Labute approximate surface area is 51.1 Å². The maximum Gasteiger partial charge on any atom is 0.258 e. The largest absolute Gasteiger partial charge is 0.502 e. The molecule has 1 heterocycles. The molecule has 1 aliphatic heterocycles. The summed E-state index contributed by atoms with van der Waals surface area (Å²) in [5.41, 5.74) is 0. The Morgan fingerprint density at radius 1 is 1.56 bits per heavy atom. The molecule has 1 aliphatic rings. The van der Waals surface area contributed by atoms with E-state index in [1.165, 1.54) is 0 Å². The molecular weight excluding hydrogens is 124 g/mol. The van der Waals surface area contributed by atoms with Crippen LogP contribution in [0.1, 0.15) is 0 Å². The minimum Gasteiger partial charge on any atom is -0.502 e. The van der Waals surface area contributed by atoms with Crippen LogP contribution < -0.4 is 0 Å². The van der Waals surface area contributed by atoms with Crippen LogP contribution in [0.15, 0.2) is 16.6 Å². The molecule has 50 valence electrons. The predicted molar refractivity (Wildman–Crippen MR) is 29.3 cm³/mol. The lowest BCUT2D eigenvalue weighted by Gasteiger charge is -2.15. The van der Waals surface area contributed by atoms with Crippen LogP contribution >= 0.6 is 0 Å². The van der Waals surface area contributed by atoms with Gasteiger partial charge in [-0.05, 0) is 0 Å².